The topological polar surface area (TPSA) is 66.4 Å². The second-order valence-corrected chi connectivity index (χ2v) is 7.20. The summed E-state index contributed by atoms with van der Waals surface area (Å²) in [5.74, 6) is -1.10. The number of carbonyl (C=O) groups excluding carboxylic acids is 1. The van der Waals surface area contributed by atoms with Crippen LogP contribution in [0.2, 0.25) is 0 Å². The fraction of sp³-hybridized carbons (Fsp3) is 0.818. The van der Waals surface area contributed by atoms with E-state index in [1.165, 1.54) is 57.8 Å². The highest BCUT2D eigenvalue weighted by Crippen LogP contribution is 2.10. The Morgan fingerprint density at radius 1 is 0.808 bits per heavy atom. The average molecular weight is 368 g/mol. The maximum Gasteiger partial charge on any atom is 0.326 e. The third-order valence-corrected chi connectivity index (χ3v) is 4.71. The molecule has 4 nitrogen and oxygen atoms in total. The summed E-state index contributed by atoms with van der Waals surface area (Å²) in [7, 11) is 0. The Labute approximate surface area is 160 Å². The summed E-state index contributed by atoms with van der Waals surface area (Å²) in [4.78, 5) is 22.5. The van der Waals surface area contributed by atoms with Crippen molar-refractivity contribution in [3.63, 3.8) is 0 Å². The van der Waals surface area contributed by atoms with E-state index in [0.29, 0.717) is 12.8 Å². The molecule has 1 unspecified atom stereocenters. The molecule has 0 spiro atoms. The monoisotopic (exact) mass is 367 g/mol. The lowest BCUT2D eigenvalue weighted by Gasteiger charge is -2.11. The Kier molecular flexibility index (Phi) is 17.5. The Bertz CT molecular complexity index is 380. The predicted octanol–water partition coefficient (Wildman–Crippen LogP) is 6.00. The molecule has 0 fully saturated rings. The van der Waals surface area contributed by atoms with E-state index in [-0.39, 0.29) is 5.91 Å². The van der Waals surface area contributed by atoms with Crippen LogP contribution in [-0.2, 0) is 9.59 Å². The first-order valence-electron chi connectivity index (χ1n) is 10.8. The van der Waals surface area contributed by atoms with E-state index in [9.17, 15) is 9.59 Å². The number of carboxylic acid groups (broad SMARTS) is 1. The number of allylic oxidation sites excluding steroid dienone is 2. The number of nitrogens with one attached hydrogen (secondary N) is 1. The van der Waals surface area contributed by atoms with Crippen molar-refractivity contribution in [2.45, 2.75) is 116 Å². The molecule has 152 valence electrons. The first kappa shape index (κ1) is 24.7. The van der Waals surface area contributed by atoms with Gasteiger partial charge in [-0.1, -0.05) is 77.4 Å². The number of carbonyl (C=O) groups is 2. The van der Waals surface area contributed by atoms with Gasteiger partial charge in [-0.3, -0.25) is 4.79 Å². The predicted molar refractivity (Wildman–Crippen MR) is 109 cm³/mol. The highest BCUT2D eigenvalue weighted by Gasteiger charge is 2.16. The van der Waals surface area contributed by atoms with Crippen LogP contribution in [0.5, 0.6) is 0 Å². The van der Waals surface area contributed by atoms with Crippen molar-refractivity contribution < 1.29 is 14.7 Å². The van der Waals surface area contributed by atoms with Gasteiger partial charge in [0, 0.05) is 6.42 Å². The van der Waals surface area contributed by atoms with Crippen LogP contribution in [0.1, 0.15) is 110 Å². The number of rotatable bonds is 18. The molecule has 0 heterocycles. The zero-order valence-corrected chi connectivity index (χ0v) is 17.1. The largest absolute Gasteiger partial charge is 0.480 e. The molecule has 4 heteroatoms. The van der Waals surface area contributed by atoms with E-state index in [1.54, 1.807) is 6.92 Å². The molecule has 0 aliphatic rings. The molecule has 0 aliphatic heterocycles. The van der Waals surface area contributed by atoms with Gasteiger partial charge in [-0.15, -0.1) is 0 Å². The number of unbranched alkanes of at least 4 members (excludes halogenated alkanes) is 11. The molecule has 0 aromatic carbocycles. The van der Waals surface area contributed by atoms with Crippen LogP contribution in [0.25, 0.3) is 0 Å². The fourth-order valence-corrected chi connectivity index (χ4v) is 2.96. The zero-order chi connectivity index (χ0) is 19.5. The molecule has 0 rings (SSSR count). The van der Waals surface area contributed by atoms with Crippen LogP contribution in [0, 0.1) is 0 Å². The molecular formula is C22H41NO3. The van der Waals surface area contributed by atoms with Gasteiger partial charge in [0.25, 0.3) is 0 Å². The van der Waals surface area contributed by atoms with E-state index in [0.717, 1.165) is 25.7 Å². The third-order valence-electron chi connectivity index (χ3n) is 4.71. The molecule has 2 N–H and O–H groups in total. The maximum absolute atomic E-state index is 11.7. The van der Waals surface area contributed by atoms with Gasteiger partial charge in [0.1, 0.15) is 6.04 Å². The molecule has 0 saturated carbocycles. The van der Waals surface area contributed by atoms with Gasteiger partial charge in [0.15, 0.2) is 0 Å². The lowest BCUT2D eigenvalue weighted by atomic mass is 10.1. The summed E-state index contributed by atoms with van der Waals surface area (Å²) in [5, 5.41) is 11.5. The van der Waals surface area contributed by atoms with E-state index in [4.69, 9.17) is 5.11 Å². The third kappa shape index (κ3) is 16.2. The molecule has 26 heavy (non-hydrogen) atoms. The maximum atomic E-state index is 11.7. The molecule has 1 atom stereocenters. The molecular weight excluding hydrogens is 326 g/mol. The summed E-state index contributed by atoms with van der Waals surface area (Å²) in [5.41, 5.74) is 0. The molecule has 0 aromatic rings. The van der Waals surface area contributed by atoms with Crippen molar-refractivity contribution in [2.24, 2.45) is 0 Å². The molecule has 1 amide bonds. The molecule has 0 radical (unpaired) electrons. The van der Waals surface area contributed by atoms with Gasteiger partial charge in [-0.2, -0.15) is 0 Å². The Morgan fingerprint density at radius 2 is 1.31 bits per heavy atom. The smallest absolute Gasteiger partial charge is 0.326 e. The van der Waals surface area contributed by atoms with Crippen molar-refractivity contribution >= 4 is 11.9 Å². The normalized spacial score (nSPS) is 12.4. The van der Waals surface area contributed by atoms with Crippen LogP contribution in [0.3, 0.4) is 0 Å². The summed E-state index contributed by atoms with van der Waals surface area (Å²) >= 11 is 0. The quantitative estimate of drug-likeness (QED) is 0.230. The Balaban J connectivity index is 3.36. The minimum absolute atomic E-state index is 0.142. The first-order chi connectivity index (χ1) is 12.6. The zero-order valence-electron chi connectivity index (χ0n) is 17.1. The second kappa shape index (κ2) is 18.5. The van der Waals surface area contributed by atoms with Gasteiger partial charge in [0.2, 0.25) is 5.91 Å². The minimum Gasteiger partial charge on any atom is -0.480 e. The van der Waals surface area contributed by atoms with Crippen LogP contribution in [0.4, 0.5) is 0 Å². The Morgan fingerprint density at radius 3 is 1.81 bits per heavy atom. The van der Waals surface area contributed by atoms with E-state index < -0.39 is 12.0 Å². The molecule has 0 bridgehead atoms. The first-order valence-corrected chi connectivity index (χ1v) is 10.8. The van der Waals surface area contributed by atoms with Crippen LogP contribution < -0.4 is 5.32 Å². The summed E-state index contributed by atoms with van der Waals surface area (Å²) < 4.78 is 0. The number of hydrogen-bond donors (Lipinski definition) is 2. The van der Waals surface area contributed by atoms with Crippen LogP contribution >= 0.6 is 0 Å². The van der Waals surface area contributed by atoms with E-state index >= 15 is 0 Å². The van der Waals surface area contributed by atoms with Crippen LogP contribution in [-0.4, -0.2) is 23.0 Å². The molecule has 0 aliphatic carbocycles. The minimum atomic E-state index is -0.953. The van der Waals surface area contributed by atoms with Crippen molar-refractivity contribution in [2.75, 3.05) is 0 Å². The summed E-state index contributed by atoms with van der Waals surface area (Å²) in [6, 6.07) is -0.745. The van der Waals surface area contributed by atoms with Crippen molar-refractivity contribution in [3.05, 3.63) is 12.2 Å². The van der Waals surface area contributed by atoms with Gasteiger partial charge in [-0.05, 0) is 38.5 Å². The van der Waals surface area contributed by atoms with Gasteiger partial charge < -0.3 is 10.4 Å². The molecule has 0 saturated heterocycles. The van der Waals surface area contributed by atoms with Crippen molar-refractivity contribution in [3.8, 4) is 0 Å². The second-order valence-electron chi connectivity index (χ2n) is 7.20. The average Bonchev–Trinajstić information content (AvgIpc) is 2.62. The van der Waals surface area contributed by atoms with E-state index in [1.807, 2.05) is 0 Å². The van der Waals surface area contributed by atoms with Crippen molar-refractivity contribution in [1.29, 1.82) is 0 Å². The van der Waals surface area contributed by atoms with Gasteiger partial charge in [-0.25, -0.2) is 4.79 Å². The number of carboxylic acids is 1. The molecule has 0 aromatic heterocycles. The van der Waals surface area contributed by atoms with Gasteiger partial charge >= 0.3 is 5.97 Å². The fourth-order valence-electron chi connectivity index (χ4n) is 2.96. The highest BCUT2D eigenvalue weighted by atomic mass is 16.4. The SMILES string of the molecule is CCCCCCCCC=CCCCCCCCC(=O)NC(CC)C(=O)O. The summed E-state index contributed by atoms with van der Waals surface area (Å²) in [6.45, 7) is 4.02. The number of amides is 1. The number of aliphatic carboxylic acids is 1. The standard InChI is InChI=1S/C22H41NO3/c1-3-5-6-7-8-9-10-11-12-13-14-15-16-17-18-19-21(24)23-20(4-2)22(25)26/h11-12,20H,3-10,13-19H2,1-2H3,(H,23,24)(H,25,26). The van der Waals surface area contributed by atoms with E-state index in [2.05, 4.69) is 24.4 Å². The number of hydrogen-bond acceptors (Lipinski definition) is 2. The van der Waals surface area contributed by atoms with Crippen LogP contribution in [0.15, 0.2) is 12.2 Å². The van der Waals surface area contributed by atoms with Gasteiger partial charge in [0.05, 0.1) is 0 Å². The highest BCUT2D eigenvalue weighted by molar-refractivity contribution is 5.83. The lowest BCUT2D eigenvalue weighted by Crippen LogP contribution is -2.40. The lowest BCUT2D eigenvalue weighted by molar-refractivity contribution is -0.141. The van der Waals surface area contributed by atoms with Crippen molar-refractivity contribution in [1.82, 2.24) is 5.32 Å². The Hall–Kier alpha value is -1.32. The summed E-state index contributed by atoms with van der Waals surface area (Å²) in [6.07, 6.45) is 21.5.